The Morgan fingerprint density at radius 2 is 1.81 bits per heavy atom. The Labute approximate surface area is 154 Å². The van der Waals surface area contributed by atoms with E-state index in [1.807, 2.05) is 43.6 Å². The van der Waals surface area contributed by atoms with Crippen molar-refractivity contribution >= 4 is 11.3 Å². The van der Waals surface area contributed by atoms with Crippen LogP contribution in [-0.2, 0) is 6.42 Å². The number of hydrogen-bond acceptors (Lipinski definition) is 3. The SMILES string of the molecule is CNc1cccc(-c2ccnc(C/C=C(\C=C/N)c3ccccc3)c2)c1. The van der Waals surface area contributed by atoms with Gasteiger partial charge in [0.2, 0.25) is 0 Å². The van der Waals surface area contributed by atoms with Crippen LogP contribution in [0.1, 0.15) is 11.3 Å². The van der Waals surface area contributed by atoms with Gasteiger partial charge in [-0.25, -0.2) is 0 Å². The fourth-order valence-corrected chi connectivity index (χ4v) is 2.85. The van der Waals surface area contributed by atoms with Crippen LogP contribution < -0.4 is 11.1 Å². The summed E-state index contributed by atoms with van der Waals surface area (Å²) in [6.45, 7) is 0. The Morgan fingerprint density at radius 1 is 1.00 bits per heavy atom. The highest BCUT2D eigenvalue weighted by atomic mass is 14.8. The normalized spacial score (nSPS) is 11.7. The largest absolute Gasteiger partial charge is 0.405 e. The van der Waals surface area contributed by atoms with E-state index in [1.54, 1.807) is 6.20 Å². The molecule has 1 aromatic heterocycles. The standard InChI is InChI=1S/C23H23N3/c1-25-22-9-5-8-20(16-22)21-13-15-26-23(17-21)11-10-19(12-14-24)18-6-3-2-4-7-18/h2-10,12-17,25H,11,24H2,1H3/b14-12-,19-10+. The van der Waals surface area contributed by atoms with Crippen molar-refractivity contribution in [3.05, 3.63) is 103 Å². The Kier molecular flexibility index (Phi) is 5.84. The molecule has 0 spiro atoms. The number of nitrogens with one attached hydrogen (secondary N) is 1. The van der Waals surface area contributed by atoms with Crippen molar-refractivity contribution in [2.24, 2.45) is 5.73 Å². The average Bonchev–Trinajstić information content (AvgIpc) is 2.72. The molecule has 0 aliphatic rings. The van der Waals surface area contributed by atoms with E-state index < -0.39 is 0 Å². The van der Waals surface area contributed by atoms with Crippen molar-refractivity contribution < 1.29 is 0 Å². The van der Waals surface area contributed by atoms with Crippen LogP contribution >= 0.6 is 0 Å². The van der Waals surface area contributed by atoms with Gasteiger partial charge in [-0.1, -0.05) is 48.5 Å². The highest BCUT2D eigenvalue weighted by Crippen LogP contribution is 2.23. The second kappa shape index (κ2) is 8.67. The maximum absolute atomic E-state index is 5.62. The van der Waals surface area contributed by atoms with Crippen LogP contribution in [0.4, 0.5) is 5.69 Å². The summed E-state index contributed by atoms with van der Waals surface area (Å²) in [7, 11) is 1.93. The van der Waals surface area contributed by atoms with E-state index in [0.29, 0.717) is 0 Å². The van der Waals surface area contributed by atoms with E-state index in [9.17, 15) is 0 Å². The summed E-state index contributed by atoms with van der Waals surface area (Å²) in [6.07, 6.45) is 8.27. The summed E-state index contributed by atoms with van der Waals surface area (Å²) in [5, 5.41) is 3.18. The predicted molar refractivity (Wildman–Crippen MR) is 111 cm³/mol. The number of anilines is 1. The van der Waals surface area contributed by atoms with E-state index in [2.05, 4.69) is 58.8 Å². The zero-order valence-electron chi connectivity index (χ0n) is 14.9. The summed E-state index contributed by atoms with van der Waals surface area (Å²) < 4.78 is 0. The number of aromatic nitrogens is 1. The van der Waals surface area contributed by atoms with Gasteiger partial charge in [-0.15, -0.1) is 0 Å². The second-order valence-electron chi connectivity index (χ2n) is 5.96. The van der Waals surface area contributed by atoms with E-state index in [0.717, 1.165) is 34.5 Å². The fourth-order valence-electron chi connectivity index (χ4n) is 2.85. The van der Waals surface area contributed by atoms with E-state index >= 15 is 0 Å². The number of pyridine rings is 1. The first-order valence-corrected chi connectivity index (χ1v) is 8.67. The first-order chi connectivity index (χ1) is 12.8. The monoisotopic (exact) mass is 341 g/mol. The number of nitrogens with zero attached hydrogens (tertiary/aromatic N) is 1. The van der Waals surface area contributed by atoms with Crippen LogP contribution in [0.25, 0.3) is 16.7 Å². The zero-order valence-corrected chi connectivity index (χ0v) is 14.9. The van der Waals surface area contributed by atoms with Gasteiger partial charge >= 0.3 is 0 Å². The highest BCUT2D eigenvalue weighted by Gasteiger charge is 2.02. The minimum absolute atomic E-state index is 0.744. The molecule has 0 radical (unpaired) electrons. The van der Waals surface area contributed by atoms with Crippen molar-refractivity contribution in [1.29, 1.82) is 0 Å². The van der Waals surface area contributed by atoms with Gasteiger partial charge in [0.1, 0.15) is 0 Å². The predicted octanol–water partition coefficient (Wildman–Crippen LogP) is 4.89. The molecule has 3 rings (SSSR count). The van der Waals surface area contributed by atoms with Gasteiger partial charge < -0.3 is 11.1 Å². The lowest BCUT2D eigenvalue weighted by atomic mass is 10.0. The molecule has 2 aromatic carbocycles. The lowest BCUT2D eigenvalue weighted by molar-refractivity contribution is 1.11. The van der Waals surface area contributed by atoms with Crippen molar-refractivity contribution in [1.82, 2.24) is 4.98 Å². The van der Waals surface area contributed by atoms with Crippen molar-refractivity contribution in [3.8, 4) is 11.1 Å². The molecule has 3 nitrogen and oxygen atoms in total. The number of hydrogen-bond donors (Lipinski definition) is 2. The molecule has 3 N–H and O–H groups in total. The maximum Gasteiger partial charge on any atom is 0.0447 e. The molecule has 3 heteroatoms. The van der Waals surface area contributed by atoms with Gasteiger partial charge in [0.25, 0.3) is 0 Å². The lowest BCUT2D eigenvalue weighted by Crippen LogP contribution is -1.92. The molecule has 130 valence electrons. The third kappa shape index (κ3) is 4.39. The Hall–Kier alpha value is -3.33. The third-order valence-electron chi connectivity index (χ3n) is 4.22. The van der Waals surface area contributed by atoms with Crippen LogP contribution in [0.2, 0.25) is 0 Å². The summed E-state index contributed by atoms with van der Waals surface area (Å²) in [5.74, 6) is 0. The van der Waals surface area contributed by atoms with Crippen LogP contribution in [0.5, 0.6) is 0 Å². The molecule has 0 bridgehead atoms. The van der Waals surface area contributed by atoms with Gasteiger partial charge in [-0.2, -0.15) is 0 Å². The smallest absolute Gasteiger partial charge is 0.0447 e. The molecule has 0 saturated heterocycles. The van der Waals surface area contributed by atoms with Crippen LogP contribution in [0.3, 0.4) is 0 Å². The number of benzene rings is 2. The van der Waals surface area contributed by atoms with Gasteiger partial charge in [0, 0.05) is 31.0 Å². The van der Waals surface area contributed by atoms with Gasteiger partial charge in [-0.3, -0.25) is 4.98 Å². The lowest BCUT2D eigenvalue weighted by Gasteiger charge is -2.07. The maximum atomic E-state index is 5.62. The number of nitrogens with two attached hydrogens (primary N) is 1. The van der Waals surface area contributed by atoms with Crippen molar-refractivity contribution in [3.63, 3.8) is 0 Å². The summed E-state index contributed by atoms with van der Waals surface area (Å²) in [5.41, 5.74) is 12.3. The minimum atomic E-state index is 0.744. The molecular formula is C23H23N3. The molecular weight excluding hydrogens is 318 g/mol. The summed E-state index contributed by atoms with van der Waals surface area (Å²) in [6, 6.07) is 22.8. The molecule has 3 aromatic rings. The zero-order chi connectivity index (χ0) is 18.2. The van der Waals surface area contributed by atoms with Crippen molar-refractivity contribution in [2.75, 3.05) is 12.4 Å². The second-order valence-corrected chi connectivity index (χ2v) is 5.96. The first kappa shape index (κ1) is 17.5. The molecule has 0 saturated carbocycles. The van der Waals surface area contributed by atoms with Crippen LogP contribution in [0.15, 0.2) is 91.3 Å². The van der Waals surface area contributed by atoms with Crippen LogP contribution in [0, 0.1) is 0 Å². The Balaban J connectivity index is 1.86. The molecule has 0 aliphatic carbocycles. The van der Waals surface area contributed by atoms with Crippen LogP contribution in [-0.4, -0.2) is 12.0 Å². The Morgan fingerprint density at radius 3 is 2.58 bits per heavy atom. The topological polar surface area (TPSA) is 50.9 Å². The van der Waals surface area contributed by atoms with Crippen molar-refractivity contribution in [2.45, 2.75) is 6.42 Å². The average molecular weight is 341 g/mol. The summed E-state index contributed by atoms with van der Waals surface area (Å²) >= 11 is 0. The minimum Gasteiger partial charge on any atom is -0.405 e. The third-order valence-corrected chi connectivity index (χ3v) is 4.22. The molecule has 0 unspecified atom stereocenters. The molecule has 26 heavy (non-hydrogen) atoms. The molecule has 0 fully saturated rings. The summed E-state index contributed by atoms with van der Waals surface area (Å²) in [4.78, 5) is 4.52. The van der Waals surface area contributed by atoms with Gasteiger partial charge in [0.15, 0.2) is 0 Å². The Bertz CT molecular complexity index is 912. The fraction of sp³-hybridized carbons (Fsp3) is 0.0870. The van der Waals surface area contributed by atoms with Gasteiger partial charge in [-0.05, 0) is 58.8 Å². The van der Waals surface area contributed by atoms with E-state index in [4.69, 9.17) is 5.73 Å². The first-order valence-electron chi connectivity index (χ1n) is 8.67. The highest BCUT2D eigenvalue weighted by molar-refractivity contribution is 5.74. The molecule has 1 heterocycles. The van der Waals surface area contributed by atoms with E-state index in [1.165, 1.54) is 5.56 Å². The molecule has 0 amide bonds. The number of allylic oxidation sites excluding steroid dienone is 3. The molecule has 0 aliphatic heterocycles. The van der Waals surface area contributed by atoms with Gasteiger partial charge in [0.05, 0.1) is 0 Å². The quantitative estimate of drug-likeness (QED) is 0.628. The van der Waals surface area contributed by atoms with E-state index in [-0.39, 0.29) is 0 Å². The molecule has 0 atom stereocenters. The number of rotatable bonds is 6.